The van der Waals surface area contributed by atoms with Crippen LogP contribution in [0.3, 0.4) is 0 Å². The number of aromatic nitrogens is 2. The third-order valence-electron chi connectivity index (χ3n) is 3.08. The lowest BCUT2D eigenvalue weighted by molar-refractivity contribution is 1.16. The summed E-state index contributed by atoms with van der Waals surface area (Å²) in [5, 5.41) is 1.11. The van der Waals surface area contributed by atoms with Gasteiger partial charge in [-0.2, -0.15) is 0 Å². The molecule has 0 amide bonds. The maximum atomic E-state index is 6.18. The Kier molecular flexibility index (Phi) is 3.40. The maximum Gasteiger partial charge on any atom is 0.139 e. The molecule has 20 heavy (non-hydrogen) atoms. The quantitative estimate of drug-likeness (QED) is 0.657. The van der Waals surface area contributed by atoms with Gasteiger partial charge in [-0.3, -0.25) is 4.40 Å². The molecule has 6 heteroatoms. The van der Waals surface area contributed by atoms with Crippen molar-refractivity contribution in [2.75, 3.05) is 5.73 Å². The molecule has 3 rings (SSSR count). The molecule has 0 atom stereocenters. The summed E-state index contributed by atoms with van der Waals surface area (Å²) in [7, 11) is 0. The van der Waals surface area contributed by atoms with E-state index in [2.05, 4.69) is 20.9 Å². The Labute approximate surface area is 134 Å². The Hall–Kier alpha value is -1.23. The van der Waals surface area contributed by atoms with Gasteiger partial charge in [-0.25, -0.2) is 4.98 Å². The molecule has 0 aliphatic rings. The zero-order valence-electron chi connectivity index (χ0n) is 10.5. The number of hydrogen-bond acceptors (Lipinski definition) is 2. The minimum Gasteiger partial charge on any atom is -0.383 e. The molecular formula is C14H10BrCl2N3. The van der Waals surface area contributed by atoms with Crippen molar-refractivity contribution in [2.24, 2.45) is 0 Å². The van der Waals surface area contributed by atoms with Crippen LogP contribution in [0.25, 0.3) is 16.9 Å². The fourth-order valence-corrected chi connectivity index (χ4v) is 2.93. The van der Waals surface area contributed by atoms with Crippen LogP contribution < -0.4 is 5.73 Å². The minimum absolute atomic E-state index is 0.555. The molecule has 0 radical (unpaired) electrons. The average Bonchev–Trinajstić information content (AvgIpc) is 2.66. The summed E-state index contributed by atoms with van der Waals surface area (Å²) in [4.78, 5) is 4.57. The van der Waals surface area contributed by atoms with E-state index in [0.717, 1.165) is 21.2 Å². The summed E-state index contributed by atoms with van der Waals surface area (Å²) in [5.41, 5.74) is 9.54. The second-order valence-corrected chi connectivity index (χ2v) is 6.26. The smallest absolute Gasteiger partial charge is 0.139 e. The first-order valence-electron chi connectivity index (χ1n) is 5.86. The maximum absolute atomic E-state index is 6.18. The normalized spacial score (nSPS) is 11.2. The number of aryl methyl sites for hydroxylation is 1. The van der Waals surface area contributed by atoms with E-state index in [-0.39, 0.29) is 0 Å². The van der Waals surface area contributed by atoms with E-state index in [9.17, 15) is 0 Å². The Morgan fingerprint density at radius 1 is 1.15 bits per heavy atom. The number of pyridine rings is 1. The predicted molar refractivity (Wildman–Crippen MR) is 87.5 cm³/mol. The van der Waals surface area contributed by atoms with Crippen molar-refractivity contribution in [1.82, 2.24) is 9.38 Å². The Bertz CT molecular complexity index is 807. The molecule has 2 heterocycles. The topological polar surface area (TPSA) is 43.3 Å². The molecule has 102 valence electrons. The van der Waals surface area contributed by atoms with Crippen molar-refractivity contribution < 1.29 is 0 Å². The molecule has 2 aromatic heterocycles. The Morgan fingerprint density at radius 2 is 1.80 bits per heavy atom. The van der Waals surface area contributed by atoms with Crippen LogP contribution in [0.2, 0.25) is 10.0 Å². The van der Waals surface area contributed by atoms with Gasteiger partial charge in [-0.05, 0) is 52.7 Å². The highest BCUT2D eigenvalue weighted by atomic mass is 79.9. The van der Waals surface area contributed by atoms with Gasteiger partial charge in [0.15, 0.2) is 0 Å². The highest BCUT2D eigenvalue weighted by Gasteiger charge is 2.13. The van der Waals surface area contributed by atoms with Gasteiger partial charge >= 0.3 is 0 Å². The lowest BCUT2D eigenvalue weighted by atomic mass is 10.1. The van der Waals surface area contributed by atoms with Crippen molar-refractivity contribution >= 4 is 50.6 Å². The lowest BCUT2D eigenvalue weighted by Crippen LogP contribution is -1.95. The fraction of sp³-hybridized carbons (Fsp3) is 0.0714. The van der Waals surface area contributed by atoms with Crippen molar-refractivity contribution in [3.63, 3.8) is 0 Å². The monoisotopic (exact) mass is 369 g/mol. The van der Waals surface area contributed by atoms with E-state index in [1.807, 2.05) is 23.6 Å². The van der Waals surface area contributed by atoms with Crippen LogP contribution in [0.1, 0.15) is 5.56 Å². The van der Waals surface area contributed by atoms with E-state index < -0.39 is 0 Å². The molecule has 0 spiro atoms. The number of imidazole rings is 1. The van der Waals surface area contributed by atoms with Crippen molar-refractivity contribution in [2.45, 2.75) is 6.92 Å². The summed E-state index contributed by atoms with van der Waals surface area (Å²) < 4.78 is 2.81. The van der Waals surface area contributed by atoms with E-state index in [1.54, 1.807) is 18.2 Å². The van der Waals surface area contributed by atoms with Crippen LogP contribution in [-0.4, -0.2) is 9.38 Å². The van der Waals surface area contributed by atoms with Crippen LogP contribution in [-0.2, 0) is 0 Å². The molecule has 0 fully saturated rings. The van der Waals surface area contributed by atoms with Gasteiger partial charge in [0.2, 0.25) is 0 Å². The minimum atomic E-state index is 0.555. The lowest BCUT2D eigenvalue weighted by Gasteiger charge is -2.02. The number of fused-ring (bicyclic) bond motifs is 1. The summed E-state index contributed by atoms with van der Waals surface area (Å²) in [5.74, 6) is 0.555. The van der Waals surface area contributed by atoms with Crippen LogP contribution in [0.4, 0.5) is 5.82 Å². The van der Waals surface area contributed by atoms with Crippen LogP contribution in [0.15, 0.2) is 34.9 Å². The first-order valence-corrected chi connectivity index (χ1v) is 7.41. The number of halogens is 3. The zero-order chi connectivity index (χ0) is 14.4. The van der Waals surface area contributed by atoms with Crippen LogP contribution in [0.5, 0.6) is 0 Å². The second kappa shape index (κ2) is 4.95. The molecule has 1 aromatic carbocycles. The van der Waals surface area contributed by atoms with Crippen molar-refractivity contribution in [1.29, 1.82) is 0 Å². The Morgan fingerprint density at radius 3 is 2.45 bits per heavy atom. The number of anilines is 1. The van der Waals surface area contributed by atoms with Gasteiger partial charge in [-0.1, -0.05) is 23.2 Å². The summed E-state index contributed by atoms with van der Waals surface area (Å²) in [6.45, 7) is 2.00. The largest absolute Gasteiger partial charge is 0.383 e. The number of nitrogens with zero attached hydrogens (tertiary/aromatic N) is 2. The molecule has 0 saturated carbocycles. The highest BCUT2D eigenvalue weighted by molar-refractivity contribution is 9.10. The highest BCUT2D eigenvalue weighted by Crippen LogP contribution is 2.32. The molecule has 3 nitrogen and oxygen atoms in total. The second-order valence-electron chi connectivity index (χ2n) is 4.54. The number of nitrogens with two attached hydrogens (primary N) is 1. The Balaban J connectivity index is 2.29. The third-order valence-corrected chi connectivity index (χ3v) is 4.34. The average molecular weight is 371 g/mol. The van der Waals surface area contributed by atoms with Gasteiger partial charge in [0.1, 0.15) is 17.2 Å². The van der Waals surface area contributed by atoms with E-state index >= 15 is 0 Å². The first kappa shape index (κ1) is 13.7. The number of benzene rings is 1. The van der Waals surface area contributed by atoms with Crippen molar-refractivity contribution in [3.05, 3.63) is 50.5 Å². The molecular weight excluding hydrogens is 361 g/mol. The summed E-state index contributed by atoms with van der Waals surface area (Å²) in [6.07, 6.45) is 1.91. The molecule has 3 aromatic rings. The summed E-state index contributed by atoms with van der Waals surface area (Å²) in [6, 6.07) is 7.25. The zero-order valence-corrected chi connectivity index (χ0v) is 13.6. The van der Waals surface area contributed by atoms with Gasteiger partial charge < -0.3 is 5.73 Å². The van der Waals surface area contributed by atoms with E-state index in [1.165, 1.54) is 0 Å². The standard InChI is InChI=1S/C14H10BrCl2N3/c1-7-2-12-19-13(14(18)20(12)6-11(7)15)8-3-9(16)5-10(17)4-8/h2-6H,18H2,1H3. The number of nitrogen functional groups attached to an aromatic ring is 1. The van der Waals surface area contributed by atoms with E-state index in [4.69, 9.17) is 28.9 Å². The van der Waals surface area contributed by atoms with Crippen LogP contribution >= 0.6 is 39.1 Å². The molecule has 0 aliphatic heterocycles. The third kappa shape index (κ3) is 2.28. The molecule has 0 unspecified atom stereocenters. The van der Waals surface area contributed by atoms with E-state index in [0.29, 0.717) is 21.6 Å². The first-order chi connectivity index (χ1) is 9.45. The van der Waals surface area contributed by atoms with Gasteiger partial charge in [0.25, 0.3) is 0 Å². The number of hydrogen-bond donors (Lipinski definition) is 1. The van der Waals surface area contributed by atoms with Gasteiger partial charge in [0, 0.05) is 26.3 Å². The number of rotatable bonds is 1. The fourth-order valence-electron chi connectivity index (χ4n) is 2.08. The molecule has 0 bridgehead atoms. The van der Waals surface area contributed by atoms with Gasteiger partial charge in [0.05, 0.1) is 0 Å². The SMILES string of the molecule is Cc1cc2nc(-c3cc(Cl)cc(Cl)c3)c(N)n2cc1Br. The predicted octanol–water partition coefficient (Wildman–Crippen LogP) is 4.96. The van der Waals surface area contributed by atoms with Crippen LogP contribution in [0, 0.1) is 6.92 Å². The molecule has 0 aliphatic carbocycles. The summed E-state index contributed by atoms with van der Waals surface area (Å²) >= 11 is 15.6. The molecule has 2 N–H and O–H groups in total. The van der Waals surface area contributed by atoms with Crippen molar-refractivity contribution in [3.8, 4) is 11.3 Å². The van der Waals surface area contributed by atoms with Gasteiger partial charge in [-0.15, -0.1) is 0 Å². The molecule has 0 saturated heterocycles.